The van der Waals surface area contributed by atoms with Gasteiger partial charge in [-0.05, 0) is 34.1 Å². The van der Waals surface area contributed by atoms with Crippen molar-refractivity contribution >= 4 is 6.09 Å². The first-order valence-electron chi connectivity index (χ1n) is 8.33. The summed E-state index contributed by atoms with van der Waals surface area (Å²) >= 11 is 0. The summed E-state index contributed by atoms with van der Waals surface area (Å²) in [7, 11) is 0. The summed E-state index contributed by atoms with van der Waals surface area (Å²) in [6.45, 7) is 11.0. The molecule has 0 saturated carbocycles. The van der Waals surface area contributed by atoms with E-state index in [0.717, 1.165) is 6.42 Å². The Balaban J connectivity index is 2.40. The molecule has 0 radical (unpaired) electrons. The summed E-state index contributed by atoms with van der Waals surface area (Å²) in [6.07, 6.45) is 0.517. The van der Waals surface area contributed by atoms with Crippen LogP contribution >= 0.6 is 0 Å². The van der Waals surface area contributed by atoms with E-state index in [2.05, 4.69) is 12.2 Å². The zero-order valence-electron chi connectivity index (χ0n) is 14.8. The summed E-state index contributed by atoms with van der Waals surface area (Å²) in [5.41, 5.74) is -0.492. The molecular formula is C16H32N2O5. The van der Waals surface area contributed by atoms with E-state index in [-0.39, 0.29) is 24.8 Å². The minimum atomic E-state index is -0.492. The first-order chi connectivity index (χ1) is 10.8. The second-order valence-electron chi connectivity index (χ2n) is 6.83. The molecule has 2 atom stereocenters. The van der Waals surface area contributed by atoms with Crippen LogP contribution in [0.1, 0.15) is 34.1 Å². The van der Waals surface area contributed by atoms with Crippen LogP contribution in [0.25, 0.3) is 0 Å². The lowest BCUT2D eigenvalue weighted by molar-refractivity contribution is -0.0356. The first kappa shape index (κ1) is 20.2. The lowest BCUT2D eigenvalue weighted by atomic mass is 10.1. The number of rotatable bonds is 8. The van der Waals surface area contributed by atoms with Gasteiger partial charge in [-0.15, -0.1) is 0 Å². The van der Waals surface area contributed by atoms with E-state index in [1.165, 1.54) is 0 Å². The molecule has 1 heterocycles. The van der Waals surface area contributed by atoms with Gasteiger partial charge >= 0.3 is 6.09 Å². The molecular weight excluding hydrogens is 300 g/mol. The summed E-state index contributed by atoms with van der Waals surface area (Å²) in [5.74, 6) is 0. The smallest absolute Gasteiger partial charge is 0.410 e. The molecule has 1 rings (SSSR count). The number of aliphatic hydroxyl groups is 1. The number of hydrogen-bond acceptors (Lipinski definition) is 6. The topological polar surface area (TPSA) is 80.3 Å². The highest BCUT2D eigenvalue weighted by molar-refractivity contribution is 5.68. The average Bonchev–Trinajstić information content (AvgIpc) is 2.45. The molecule has 1 amide bonds. The normalized spacial score (nSPS) is 20.4. The van der Waals surface area contributed by atoms with Crippen LogP contribution in [0.15, 0.2) is 0 Å². The molecule has 0 aromatic carbocycles. The molecule has 2 N–H and O–H groups in total. The van der Waals surface area contributed by atoms with Crippen molar-refractivity contribution in [3.05, 3.63) is 0 Å². The lowest BCUT2D eigenvalue weighted by Crippen LogP contribution is -2.52. The standard InChI is InChI=1S/C16H32N2O5/c1-13(17-5-8-21-10-7-19)11-14-12-22-9-6-18(14)15(20)23-16(2,3)4/h13-14,17,19H,5-12H2,1-4H3. The third kappa shape index (κ3) is 8.50. The number of nitrogens with zero attached hydrogens (tertiary/aromatic N) is 1. The monoisotopic (exact) mass is 332 g/mol. The molecule has 1 aliphatic heterocycles. The maximum Gasteiger partial charge on any atom is 0.410 e. The number of carbonyl (C=O) groups excluding carboxylic acids is 1. The van der Waals surface area contributed by atoms with Gasteiger partial charge in [0.05, 0.1) is 39.1 Å². The van der Waals surface area contributed by atoms with Crippen LogP contribution in [-0.4, -0.2) is 79.9 Å². The molecule has 0 aromatic heterocycles. The van der Waals surface area contributed by atoms with Crippen molar-refractivity contribution < 1.29 is 24.1 Å². The highest BCUT2D eigenvalue weighted by Crippen LogP contribution is 2.17. The zero-order chi connectivity index (χ0) is 17.3. The highest BCUT2D eigenvalue weighted by atomic mass is 16.6. The Morgan fingerprint density at radius 1 is 1.43 bits per heavy atom. The van der Waals surface area contributed by atoms with Gasteiger partial charge in [0.15, 0.2) is 0 Å². The van der Waals surface area contributed by atoms with Crippen LogP contribution < -0.4 is 5.32 Å². The van der Waals surface area contributed by atoms with E-state index in [4.69, 9.17) is 19.3 Å². The predicted molar refractivity (Wildman–Crippen MR) is 87.5 cm³/mol. The largest absolute Gasteiger partial charge is 0.444 e. The number of hydrogen-bond donors (Lipinski definition) is 2. The van der Waals surface area contributed by atoms with Crippen LogP contribution in [0.3, 0.4) is 0 Å². The van der Waals surface area contributed by atoms with E-state index in [1.54, 1.807) is 4.90 Å². The molecule has 1 fully saturated rings. The van der Waals surface area contributed by atoms with E-state index in [1.807, 2.05) is 20.8 Å². The van der Waals surface area contributed by atoms with Crippen molar-refractivity contribution in [3.8, 4) is 0 Å². The van der Waals surface area contributed by atoms with E-state index in [9.17, 15) is 4.79 Å². The fourth-order valence-corrected chi connectivity index (χ4v) is 2.45. The van der Waals surface area contributed by atoms with E-state index >= 15 is 0 Å². The van der Waals surface area contributed by atoms with Gasteiger partial charge in [-0.25, -0.2) is 4.79 Å². The Bertz CT molecular complexity index is 346. The Morgan fingerprint density at radius 3 is 2.83 bits per heavy atom. The molecule has 7 heteroatoms. The number of nitrogens with one attached hydrogen (secondary N) is 1. The average molecular weight is 332 g/mol. The molecule has 2 unspecified atom stereocenters. The molecule has 0 spiro atoms. The Kier molecular flexibility index (Phi) is 8.83. The number of morpholine rings is 1. The van der Waals surface area contributed by atoms with E-state index in [0.29, 0.717) is 39.5 Å². The summed E-state index contributed by atoms with van der Waals surface area (Å²) in [4.78, 5) is 14.1. The second kappa shape index (κ2) is 10.1. The number of ether oxygens (including phenoxy) is 3. The molecule has 136 valence electrons. The summed E-state index contributed by atoms with van der Waals surface area (Å²) < 4.78 is 16.2. The van der Waals surface area contributed by atoms with Gasteiger partial charge in [0.25, 0.3) is 0 Å². The summed E-state index contributed by atoms with van der Waals surface area (Å²) in [5, 5.41) is 12.0. The Hall–Kier alpha value is -0.890. The van der Waals surface area contributed by atoms with Gasteiger partial charge in [-0.1, -0.05) is 0 Å². The lowest BCUT2D eigenvalue weighted by Gasteiger charge is -2.37. The van der Waals surface area contributed by atoms with Gasteiger partial charge < -0.3 is 29.5 Å². The van der Waals surface area contributed by atoms with Crippen LogP contribution in [0.4, 0.5) is 4.79 Å². The highest BCUT2D eigenvalue weighted by Gasteiger charge is 2.31. The Morgan fingerprint density at radius 2 is 2.17 bits per heavy atom. The number of carbonyl (C=O) groups is 1. The molecule has 1 saturated heterocycles. The zero-order valence-corrected chi connectivity index (χ0v) is 14.8. The maximum atomic E-state index is 12.3. The van der Waals surface area contributed by atoms with Gasteiger partial charge in [-0.2, -0.15) is 0 Å². The molecule has 23 heavy (non-hydrogen) atoms. The third-order valence-corrected chi connectivity index (χ3v) is 3.46. The van der Waals surface area contributed by atoms with Crippen molar-refractivity contribution in [1.82, 2.24) is 10.2 Å². The van der Waals surface area contributed by atoms with E-state index < -0.39 is 5.60 Å². The van der Waals surface area contributed by atoms with Crippen LogP contribution in [-0.2, 0) is 14.2 Å². The molecule has 7 nitrogen and oxygen atoms in total. The number of amides is 1. The molecule has 0 aromatic rings. The van der Waals surface area contributed by atoms with Crippen molar-refractivity contribution in [1.29, 1.82) is 0 Å². The van der Waals surface area contributed by atoms with Crippen molar-refractivity contribution in [2.24, 2.45) is 0 Å². The fraction of sp³-hybridized carbons (Fsp3) is 0.938. The van der Waals surface area contributed by atoms with Gasteiger partial charge in [0.1, 0.15) is 5.60 Å². The number of aliphatic hydroxyl groups excluding tert-OH is 1. The van der Waals surface area contributed by atoms with Gasteiger partial charge in [0, 0.05) is 19.1 Å². The van der Waals surface area contributed by atoms with Crippen LogP contribution in [0.2, 0.25) is 0 Å². The Labute approximate surface area is 139 Å². The molecule has 0 bridgehead atoms. The van der Waals surface area contributed by atoms with Gasteiger partial charge in [0.2, 0.25) is 0 Å². The molecule has 0 aliphatic carbocycles. The van der Waals surface area contributed by atoms with Crippen LogP contribution in [0.5, 0.6) is 0 Å². The van der Waals surface area contributed by atoms with Crippen molar-refractivity contribution in [2.75, 3.05) is 46.1 Å². The summed E-state index contributed by atoms with van der Waals surface area (Å²) in [6, 6.07) is 0.240. The van der Waals surface area contributed by atoms with Crippen LogP contribution in [0, 0.1) is 0 Å². The quantitative estimate of drug-likeness (QED) is 0.646. The first-order valence-corrected chi connectivity index (χ1v) is 8.33. The third-order valence-electron chi connectivity index (χ3n) is 3.46. The fourth-order valence-electron chi connectivity index (χ4n) is 2.45. The van der Waals surface area contributed by atoms with Crippen molar-refractivity contribution in [3.63, 3.8) is 0 Å². The second-order valence-corrected chi connectivity index (χ2v) is 6.83. The predicted octanol–water partition coefficient (Wildman–Crippen LogP) is 0.999. The SMILES string of the molecule is CC(CC1COCCN1C(=O)OC(C)(C)C)NCCOCCO. The van der Waals surface area contributed by atoms with Crippen molar-refractivity contribution in [2.45, 2.75) is 51.8 Å². The maximum absolute atomic E-state index is 12.3. The minimum absolute atomic E-state index is 0.0134. The minimum Gasteiger partial charge on any atom is -0.444 e. The van der Waals surface area contributed by atoms with Gasteiger partial charge in [-0.3, -0.25) is 0 Å². The molecule has 1 aliphatic rings.